The summed E-state index contributed by atoms with van der Waals surface area (Å²) < 4.78 is 0. The maximum atomic E-state index is 2.42. The summed E-state index contributed by atoms with van der Waals surface area (Å²) in [6.07, 6.45) is 12.2. The fourth-order valence-electron chi connectivity index (χ4n) is 4.11. The van der Waals surface area contributed by atoms with E-state index >= 15 is 0 Å². The lowest BCUT2D eigenvalue weighted by Gasteiger charge is -2.43. The number of fused-ring (bicyclic) bond motifs is 1. The first-order valence-corrected chi connectivity index (χ1v) is 7.06. The monoisotopic (exact) mass is 208 g/mol. The summed E-state index contributed by atoms with van der Waals surface area (Å²) >= 11 is 0. The van der Waals surface area contributed by atoms with Crippen LogP contribution in [0.25, 0.3) is 0 Å². The van der Waals surface area contributed by atoms with Gasteiger partial charge in [0.05, 0.1) is 0 Å². The van der Waals surface area contributed by atoms with Crippen molar-refractivity contribution in [2.75, 3.05) is 0 Å². The molecule has 0 heteroatoms. The Labute approximate surface area is 95.8 Å². The largest absolute Gasteiger partial charge is 0.0602 e. The molecule has 88 valence electrons. The van der Waals surface area contributed by atoms with Crippen molar-refractivity contribution < 1.29 is 0 Å². The Morgan fingerprint density at radius 2 is 1.53 bits per heavy atom. The van der Waals surface area contributed by atoms with Gasteiger partial charge in [-0.2, -0.15) is 0 Å². The van der Waals surface area contributed by atoms with Crippen LogP contribution in [0.4, 0.5) is 0 Å². The number of hydrogen-bond donors (Lipinski definition) is 0. The van der Waals surface area contributed by atoms with E-state index < -0.39 is 0 Å². The Kier molecular flexibility index (Phi) is 3.42. The highest BCUT2D eigenvalue weighted by Gasteiger charge is 2.36. The van der Waals surface area contributed by atoms with Crippen molar-refractivity contribution in [1.82, 2.24) is 0 Å². The van der Waals surface area contributed by atoms with Gasteiger partial charge in [0.2, 0.25) is 0 Å². The van der Waals surface area contributed by atoms with Gasteiger partial charge in [-0.1, -0.05) is 59.3 Å². The van der Waals surface area contributed by atoms with Crippen molar-refractivity contribution >= 4 is 0 Å². The summed E-state index contributed by atoms with van der Waals surface area (Å²) in [4.78, 5) is 0. The Morgan fingerprint density at radius 1 is 0.867 bits per heavy atom. The molecule has 0 radical (unpaired) electrons. The summed E-state index contributed by atoms with van der Waals surface area (Å²) in [6, 6.07) is 0. The van der Waals surface area contributed by atoms with E-state index in [9.17, 15) is 0 Å². The molecule has 2 aliphatic carbocycles. The van der Waals surface area contributed by atoms with Crippen LogP contribution in [0.5, 0.6) is 0 Å². The van der Waals surface area contributed by atoms with Gasteiger partial charge in [0.15, 0.2) is 0 Å². The van der Waals surface area contributed by atoms with Crippen molar-refractivity contribution in [3.05, 3.63) is 0 Å². The van der Waals surface area contributed by atoms with Crippen LogP contribution in [-0.4, -0.2) is 0 Å². The first-order chi connectivity index (χ1) is 7.06. The van der Waals surface area contributed by atoms with Gasteiger partial charge in [0.25, 0.3) is 0 Å². The third kappa shape index (κ3) is 2.98. The van der Waals surface area contributed by atoms with Crippen LogP contribution in [0.3, 0.4) is 0 Å². The average molecular weight is 208 g/mol. The molecule has 0 saturated heterocycles. The molecule has 0 aromatic rings. The Morgan fingerprint density at radius 3 is 2.27 bits per heavy atom. The van der Waals surface area contributed by atoms with Gasteiger partial charge < -0.3 is 0 Å². The van der Waals surface area contributed by atoms with Crippen LogP contribution in [0.15, 0.2) is 0 Å². The van der Waals surface area contributed by atoms with Gasteiger partial charge in [0.1, 0.15) is 0 Å². The van der Waals surface area contributed by atoms with Crippen LogP contribution in [0.1, 0.15) is 72.1 Å². The molecular formula is C15H28. The highest BCUT2D eigenvalue weighted by molar-refractivity contribution is 4.87. The van der Waals surface area contributed by atoms with Crippen LogP contribution in [-0.2, 0) is 0 Å². The molecule has 2 aliphatic rings. The molecule has 3 unspecified atom stereocenters. The summed E-state index contributed by atoms with van der Waals surface area (Å²) in [5.74, 6) is 3.27. The molecule has 0 heterocycles. The predicted octanol–water partition coefficient (Wildman–Crippen LogP) is 5.03. The molecule has 3 atom stereocenters. The van der Waals surface area contributed by atoms with Crippen LogP contribution in [0, 0.1) is 23.2 Å². The molecule has 0 spiro atoms. The minimum Gasteiger partial charge on any atom is -0.0602 e. The second-order valence-corrected chi connectivity index (χ2v) is 7.16. The molecule has 0 amide bonds. The van der Waals surface area contributed by atoms with Crippen molar-refractivity contribution in [2.45, 2.75) is 72.1 Å². The standard InChI is InChI=1S/C15H28/c1-15(2,3)11-13-9-6-8-12-7-4-5-10-14(12)13/h12-14H,4-11H2,1-3H3. The molecule has 2 fully saturated rings. The third-order valence-electron chi connectivity index (χ3n) is 4.60. The molecule has 0 N–H and O–H groups in total. The van der Waals surface area contributed by atoms with E-state index in [1.54, 1.807) is 19.3 Å². The second-order valence-electron chi connectivity index (χ2n) is 7.16. The lowest BCUT2D eigenvalue weighted by atomic mass is 9.62. The Bertz CT molecular complexity index is 197. The van der Waals surface area contributed by atoms with Crippen LogP contribution < -0.4 is 0 Å². The van der Waals surface area contributed by atoms with Crippen molar-refractivity contribution in [3.8, 4) is 0 Å². The smallest absolute Gasteiger partial charge is 0.0357 e. The van der Waals surface area contributed by atoms with Gasteiger partial charge >= 0.3 is 0 Å². The van der Waals surface area contributed by atoms with Crippen LogP contribution in [0.2, 0.25) is 0 Å². The molecule has 15 heavy (non-hydrogen) atoms. The molecule has 0 aromatic heterocycles. The highest BCUT2D eigenvalue weighted by atomic mass is 14.4. The minimum absolute atomic E-state index is 0.546. The lowest BCUT2D eigenvalue weighted by molar-refractivity contribution is 0.0750. The first kappa shape index (κ1) is 11.5. The molecule has 2 rings (SSSR count). The van der Waals surface area contributed by atoms with Crippen molar-refractivity contribution in [1.29, 1.82) is 0 Å². The summed E-state index contributed by atoms with van der Waals surface area (Å²) in [5.41, 5.74) is 0.546. The molecule has 0 aromatic carbocycles. The van der Waals surface area contributed by atoms with E-state index in [2.05, 4.69) is 20.8 Å². The van der Waals surface area contributed by atoms with Gasteiger partial charge in [-0.3, -0.25) is 0 Å². The zero-order chi connectivity index (χ0) is 10.9. The summed E-state index contributed by atoms with van der Waals surface area (Å²) in [6.45, 7) is 7.25. The van der Waals surface area contributed by atoms with E-state index in [0.717, 1.165) is 17.8 Å². The molecule has 0 bridgehead atoms. The summed E-state index contributed by atoms with van der Waals surface area (Å²) in [7, 11) is 0. The maximum Gasteiger partial charge on any atom is -0.0357 e. The topological polar surface area (TPSA) is 0 Å². The van der Waals surface area contributed by atoms with Crippen LogP contribution >= 0.6 is 0 Å². The first-order valence-electron chi connectivity index (χ1n) is 7.06. The maximum absolute atomic E-state index is 2.42. The van der Waals surface area contributed by atoms with E-state index in [0.29, 0.717) is 5.41 Å². The van der Waals surface area contributed by atoms with Crippen molar-refractivity contribution in [3.63, 3.8) is 0 Å². The fraction of sp³-hybridized carbons (Fsp3) is 1.00. The predicted molar refractivity (Wildman–Crippen MR) is 66.9 cm³/mol. The number of hydrogen-bond acceptors (Lipinski definition) is 0. The third-order valence-corrected chi connectivity index (χ3v) is 4.60. The molecule has 0 aliphatic heterocycles. The van der Waals surface area contributed by atoms with Gasteiger partial charge in [-0.15, -0.1) is 0 Å². The van der Waals surface area contributed by atoms with E-state index in [1.807, 2.05) is 0 Å². The van der Waals surface area contributed by atoms with Crippen molar-refractivity contribution in [2.24, 2.45) is 23.2 Å². The lowest BCUT2D eigenvalue weighted by Crippen LogP contribution is -2.33. The van der Waals surface area contributed by atoms with Gasteiger partial charge in [-0.25, -0.2) is 0 Å². The minimum atomic E-state index is 0.546. The van der Waals surface area contributed by atoms with Gasteiger partial charge in [-0.05, 0) is 36.0 Å². The SMILES string of the molecule is CC(C)(C)CC1CCCC2CCCCC21. The zero-order valence-corrected chi connectivity index (χ0v) is 10.9. The van der Waals surface area contributed by atoms with E-state index in [1.165, 1.54) is 32.1 Å². The quantitative estimate of drug-likeness (QED) is 0.567. The Hall–Kier alpha value is 0. The average Bonchev–Trinajstić information content (AvgIpc) is 2.16. The Balaban J connectivity index is 1.97. The van der Waals surface area contributed by atoms with E-state index in [4.69, 9.17) is 0 Å². The number of rotatable bonds is 1. The molecular weight excluding hydrogens is 180 g/mol. The summed E-state index contributed by atoms with van der Waals surface area (Å²) in [5, 5.41) is 0. The zero-order valence-electron chi connectivity index (χ0n) is 10.9. The molecule has 2 saturated carbocycles. The second kappa shape index (κ2) is 4.47. The molecule has 0 nitrogen and oxygen atoms in total. The normalized spacial score (nSPS) is 37.4. The van der Waals surface area contributed by atoms with Gasteiger partial charge in [0, 0.05) is 0 Å². The van der Waals surface area contributed by atoms with E-state index in [-0.39, 0.29) is 0 Å². The fourth-order valence-corrected chi connectivity index (χ4v) is 4.11. The highest BCUT2D eigenvalue weighted by Crippen LogP contribution is 2.47.